The van der Waals surface area contributed by atoms with E-state index in [0.717, 1.165) is 29.7 Å². The molecule has 0 saturated carbocycles. The first-order valence-electron chi connectivity index (χ1n) is 12.4. The predicted molar refractivity (Wildman–Crippen MR) is 158 cm³/mol. The number of nitrogens with one attached hydrogen (secondary N) is 1. The van der Waals surface area contributed by atoms with Gasteiger partial charge in [0, 0.05) is 12.1 Å². The Balaban J connectivity index is 0.000000831. The molecule has 38 heavy (non-hydrogen) atoms. The summed E-state index contributed by atoms with van der Waals surface area (Å²) >= 11 is 0. The zero-order valence-electron chi connectivity index (χ0n) is 22.9. The normalized spacial score (nSPS) is 10.9. The fraction of sp³-hybridized carbons (Fsp3) is 0.333. The number of aliphatic imine (C=N–C) groups is 1. The van der Waals surface area contributed by atoms with Crippen molar-refractivity contribution in [2.45, 2.75) is 67.4 Å². The van der Waals surface area contributed by atoms with E-state index in [4.69, 9.17) is 10.1 Å². The number of nitrogens with zero attached hydrogens (tertiary/aromatic N) is 1. The fourth-order valence-electron chi connectivity index (χ4n) is 3.87. The van der Waals surface area contributed by atoms with Gasteiger partial charge in [0.2, 0.25) is 0 Å². The van der Waals surface area contributed by atoms with Crippen molar-refractivity contribution < 1.29 is 40.6 Å². The number of hydrogen-bond acceptors (Lipinski definition) is 4. The minimum absolute atomic E-state index is 0. The number of rotatable bonds is 9. The van der Waals surface area contributed by atoms with E-state index in [9.17, 15) is 4.79 Å². The van der Waals surface area contributed by atoms with Crippen molar-refractivity contribution >= 4 is 23.4 Å². The minimum Gasteiger partial charge on any atom is -0.480 e. The molecular formula is C33H42N2O2U. The quantitative estimate of drug-likeness (QED) is 0.177. The number of aryl methyl sites for hydroxylation is 1. The van der Waals surface area contributed by atoms with Crippen LogP contribution in [0.1, 0.15) is 70.7 Å². The molecule has 0 fully saturated rings. The number of benzene rings is 3. The summed E-state index contributed by atoms with van der Waals surface area (Å²) < 4.78 is 5.86. The molecule has 0 bridgehead atoms. The summed E-state index contributed by atoms with van der Waals surface area (Å²) in [5, 5.41) is 7.23. The van der Waals surface area contributed by atoms with Crippen molar-refractivity contribution in [1.82, 2.24) is 0 Å². The van der Waals surface area contributed by atoms with Gasteiger partial charge >= 0.3 is 31.1 Å². The van der Waals surface area contributed by atoms with Crippen LogP contribution < -0.4 is 4.74 Å². The van der Waals surface area contributed by atoms with Crippen LogP contribution in [0.5, 0.6) is 5.75 Å². The topological polar surface area (TPSA) is 62.5 Å². The van der Waals surface area contributed by atoms with Crippen molar-refractivity contribution in [3.63, 3.8) is 0 Å². The zero-order chi connectivity index (χ0) is 26.7. The maximum atomic E-state index is 12.2. The fourth-order valence-corrected chi connectivity index (χ4v) is 3.87. The molecule has 0 aliphatic rings. The summed E-state index contributed by atoms with van der Waals surface area (Å²) in [4.78, 5) is 16.6. The van der Waals surface area contributed by atoms with E-state index in [1.54, 1.807) is 13.8 Å². The third-order valence-corrected chi connectivity index (χ3v) is 5.73. The van der Waals surface area contributed by atoms with Gasteiger partial charge < -0.3 is 15.1 Å². The number of para-hydroxylation sites is 1. The van der Waals surface area contributed by atoms with Crippen LogP contribution in [0.4, 0.5) is 5.69 Å². The maximum Gasteiger partial charge on any atom is 2.00 e. The Labute approximate surface area is 254 Å². The van der Waals surface area contributed by atoms with Crippen LogP contribution in [-0.4, -0.2) is 23.3 Å². The van der Waals surface area contributed by atoms with Crippen LogP contribution in [0.15, 0.2) is 71.7 Å². The average Bonchev–Trinajstić information content (AvgIpc) is 2.86. The number of carbonyl (C=O) groups is 1. The first kappa shape index (κ1) is 35.4. The van der Waals surface area contributed by atoms with Gasteiger partial charge in [0.15, 0.2) is 11.4 Å². The van der Waals surface area contributed by atoms with Crippen molar-refractivity contribution in [2.24, 2.45) is 10.9 Å². The Morgan fingerprint density at radius 2 is 1.76 bits per heavy atom. The molecule has 0 aliphatic heterocycles. The second kappa shape index (κ2) is 17.1. The molecule has 5 heteroatoms. The number of ether oxygens (including phenoxy) is 1. The van der Waals surface area contributed by atoms with E-state index >= 15 is 0 Å². The number of hydrogen-bond donors (Lipinski definition) is 1. The van der Waals surface area contributed by atoms with E-state index in [1.165, 1.54) is 17.3 Å². The van der Waals surface area contributed by atoms with Crippen LogP contribution in [0.2, 0.25) is 0 Å². The van der Waals surface area contributed by atoms with Gasteiger partial charge in [0.1, 0.15) is 5.75 Å². The number of ketones is 1. The van der Waals surface area contributed by atoms with E-state index in [2.05, 4.69) is 37.9 Å². The molecule has 1 N–H and O–H groups in total. The van der Waals surface area contributed by atoms with Gasteiger partial charge in [-0.25, -0.2) is 6.92 Å². The summed E-state index contributed by atoms with van der Waals surface area (Å²) in [7, 11) is 0. The van der Waals surface area contributed by atoms with Crippen molar-refractivity contribution in [3.8, 4) is 5.75 Å². The van der Waals surface area contributed by atoms with Gasteiger partial charge in [-0.2, -0.15) is 24.3 Å². The first-order chi connectivity index (χ1) is 17.1. The smallest absolute Gasteiger partial charge is 0.480 e. The van der Waals surface area contributed by atoms with Gasteiger partial charge in [0.05, 0.1) is 0 Å². The van der Waals surface area contributed by atoms with Gasteiger partial charge in [-0.1, -0.05) is 64.2 Å². The SMILES string of the molecule is C.CCCc1c(C)cccc1C=N.[CH2-]C(=Nc1[c-]cccc1)c1ccc(OC(C)(C)C(=O)C(C)C)cc1.[U+2]. The molecule has 0 radical (unpaired) electrons. The molecule has 3 rings (SSSR count). The Bertz CT molecular complexity index is 1170. The van der Waals surface area contributed by atoms with Crippen molar-refractivity contribution in [2.75, 3.05) is 0 Å². The molecular weight excluding hydrogens is 694 g/mol. The Morgan fingerprint density at radius 3 is 2.29 bits per heavy atom. The summed E-state index contributed by atoms with van der Waals surface area (Å²) in [5.41, 5.74) is 5.14. The maximum absolute atomic E-state index is 12.2. The Hall–Kier alpha value is -2.61. The average molecular weight is 737 g/mol. The summed E-state index contributed by atoms with van der Waals surface area (Å²) in [6.45, 7) is 15.6. The number of carbonyl (C=O) groups excluding carboxylic acids is 1. The Kier molecular flexibility index (Phi) is 15.9. The van der Waals surface area contributed by atoms with E-state index < -0.39 is 5.60 Å². The molecule has 200 valence electrons. The minimum atomic E-state index is -0.851. The molecule has 0 amide bonds. The molecule has 0 aliphatic carbocycles. The van der Waals surface area contributed by atoms with Crippen LogP contribution >= 0.6 is 0 Å². The monoisotopic (exact) mass is 736 g/mol. The second-order valence-electron chi connectivity index (χ2n) is 9.50. The first-order valence-corrected chi connectivity index (χ1v) is 12.4. The molecule has 4 nitrogen and oxygen atoms in total. The molecule has 0 aromatic heterocycles. The standard InChI is InChI=1S/C21H23NO2.C11H15N.CH4.U/c1-15(2)20(23)21(4,5)24-19-13-11-17(12-14-19)16(3)22-18-9-7-6-8-10-18;1-3-5-11-9(2)6-4-7-10(11)8-12;;/h6-9,11-15H,3H2,1-2,4-5H3;4,6-8,12H,3,5H2,1-2H3;1H4;/q-2;;;+2. The molecule has 3 aromatic carbocycles. The predicted octanol–water partition coefficient (Wildman–Crippen LogP) is 8.41. The molecule has 0 atom stereocenters. The van der Waals surface area contributed by atoms with Crippen LogP contribution in [0.25, 0.3) is 0 Å². The van der Waals surface area contributed by atoms with E-state index in [-0.39, 0.29) is 50.2 Å². The summed E-state index contributed by atoms with van der Waals surface area (Å²) in [5.74, 6) is 0.655. The second-order valence-corrected chi connectivity index (χ2v) is 9.50. The van der Waals surface area contributed by atoms with Gasteiger partial charge in [-0.3, -0.25) is 4.79 Å². The summed E-state index contributed by atoms with van der Waals surface area (Å²) in [6.07, 6.45) is 3.67. The molecule has 0 unspecified atom stereocenters. The van der Waals surface area contributed by atoms with E-state index in [0.29, 0.717) is 11.5 Å². The molecule has 0 heterocycles. The van der Waals surface area contributed by atoms with Gasteiger partial charge in [-0.05, 0) is 56.0 Å². The van der Waals surface area contributed by atoms with Gasteiger partial charge in [0.25, 0.3) is 0 Å². The number of Topliss-reactive ketones (excluding diaryl/α,β-unsaturated/α-hetero) is 1. The van der Waals surface area contributed by atoms with Crippen LogP contribution in [0.3, 0.4) is 0 Å². The summed E-state index contributed by atoms with van der Waals surface area (Å²) in [6, 6.07) is 24.1. The van der Waals surface area contributed by atoms with Crippen LogP contribution in [-0.2, 0) is 11.2 Å². The largest absolute Gasteiger partial charge is 2.00 e. The zero-order valence-corrected chi connectivity index (χ0v) is 27.1. The van der Waals surface area contributed by atoms with Gasteiger partial charge in [-0.15, -0.1) is 23.8 Å². The van der Waals surface area contributed by atoms with Crippen molar-refractivity contribution in [1.29, 1.82) is 5.41 Å². The molecule has 0 saturated heterocycles. The van der Waals surface area contributed by atoms with Crippen molar-refractivity contribution in [3.05, 3.63) is 102 Å². The molecule has 3 aromatic rings. The Morgan fingerprint density at radius 1 is 1.11 bits per heavy atom. The van der Waals surface area contributed by atoms with E-state index in [1.807, 2.05) is 74.5 Å². The third kappa shape index (κ3) is 10.6. The van der Waals surface area contributed by atoms with Crippen LogP contribution in [0, 0.1) is 62.4 Å². The third-order valence-electron chi connectivity index (χ3n) is 5.73. The molecule has 0 spiro atoms.